The van der Waals surface area contributed by atoms with Gasteiger partial charge in [0.2, 0.25) is 0 Å². The third kappa shape index (κ3) is 6.29. The Morgan fingerprint density at radius 2 is 2.05 bits per heavy atom. The zero-order valence-corrected chi connectivity index (χ0v) is 12.3. The highest BCUT2D eigenvalue weighted by molar-refractivity contribution is 7.90. The van der Waals surface area contributed by atoms with Crippen molar-refractivity contribution in [2.45, 2.75) is 25.5 Å². The molecular weight excluding hydrogens is 288 g/mol. The molecule has 0 aromatic heterocycles. The van der Waals surface area contributed by atoms with Gasteiger partial charge >= 0.3 is 6.61 Å². The third-order valence-electron chi connectivity index (χ3n) is 2.84. The summed E-state index contributed by atoms with van der Waals surface area (Å²) in [6.07, 6.45) is 2.30. The molecule has 0 fully saturated rings. The predicted octanol–water partition coefficient (Wildman–Crippen LogP) is 2.37. The van der Waals surface area contributed by atoms with Crippen molar-refractivity contribution in [1.29, 1.82) is 0 Å². The fourth-order valence-corrected chi connectivity index (χ4v) is 2.63. The van der Waals surface area contributed by atoms with Crippen LogP contribution in [0.5, 0.6) is 5.75 Å². The van der Waals surface area contributed by atoms with Gasteiger partial charge in [0.15, 0.2) is 0 Å². The van der Waals surface area contributed by atoms with Gasteiger partial charge in [-0.3, -0.25) is 0 Å². The van der Waals surface area contributed by atoms with E-state index in [2.05, 4.69) is 10.1 Å². The number of alkyl halides is 2. The molecule has 0 spiro atoms. The molecule has 1 rings (SSSR count). The van der Waals surface area contributed by atoms with E-state index in [-0.39, 0.29) is 17.5 Å². The molecule has 0 radical (unpaired) electrons. The Morgan fingerprint density at radius 1 is 1.35 bits per heavy atom. The van der Waals surface area contributed by atoms with E-state index in [1.807, 2.05) is 0 Å². The molecule has 0 saturated heterocycles. The zero-order valence-electron chi connectivity index (χ0n) is 11.5. The average molecular weight is 307 g/mol. The number of ether oxygens (including phenoxy) is 1. The lowest BCUT2D eigenvalue weighted by molar-refractivity contribution is -0.0499. The molecule has 0 aliphatic rings. The summed E-state index contributed by atoms with van der Waals surface area (Å²) in [5, 5.41) is 3.05. The number of sulfone groups is 1. The Balaban J connectivity index is 2.69. The van der Waals surface area contributed by atoms with Gasteiger partial charge in [-0.2, -0.15) is 8.78 Å². The van der Waals surface area contributed by atoms with Crippen molar-refractivity contribution in [1.82, 2.24) is 5.32 Å². The molecule has 0 saturated carbocycles. The van der Waals surface area contributed by atoms with Crippen molar-refractivity contribution in [2.75, 3.05) is 19.1 Å². The number of rotatable bonds is 8. The van der Waals surface area contributed by atoms with E-state index in [9.17, 15) is 17.2 Å². The van der Waals surface area contributed by atoms with Gasteiger partial charge in [-0.1, -0.05) is 12.1 Å². The van der Waals surface area contributed by atoms with Crippen LogP contribution in [-0.2, 0) is 9.84 Å². The molecule has 1 aromatic carbocycles. The van der Waals surface area contributed by atoms with Gasteiger partial charge < -0.3 is 10.1 Å². The van der Waals surface area contributed by atoms with E-state index >= 15 is 0 Å². The van der Waals surface area contributed by atoms with Gasteiger partial charge in [0.05, 0.1) is 0 Å². The summed E-state index contributed by atoms with van der Waals surface area (Å²) in [6, 6.07) is 6.32. The fourth-order valence-electron chi connectivity index (χ4n) is 1.93. The normalized spacial score (nSPS) is 13.4. The average Bonchev–Trinajstić information content (AvgIpc) is 2.33. The van der Waals surface area contributed by atoms with E-state index in [1.165, 1.54) is 18.4 Å². The van der Waals surface area contributed by atoms with Crippen LogP contribution in [-0.4, -0.2) is 34.1 Å². The SMILES string of the molecule is CNC(CCCS(C)(=O)=O)c1cccc(OC(F)F)c1. The van der Waals surface area contributed by atoms with Gasteiger partial charge in [-0.25, -0.2) is 8.42 Å². The highest BCUT2D eigenvalue weighted by Crippen LogP contribution is 2.23. The lowest BCUT2D eigenvalue weighted by Crippen LogP contribution is -2.18. The summed E-state index contributed by atoms with van der Waals surface area (Å²) in [6.45, 7) is -2.86. The highest BCUT2D eigenvalue weighted by Gasteiger charge is 2.13. The molecule has 0 bridgehead atoms. The number of hydrogen-bond donors (Lipinski definition) is 1. The Kier molecular flexibility index (Phi) is 6.35. The van der Waals surface area contributed by atoms with Crippen LogP contribution in [0.15, 0.2) is 24.3 Å². The largest absolute Gasteiger partial charge is 0.435 e. The van der Waals surface area contributed by atoms with Crippen LogP contribution >= 0.6 is 0 Å². The standard InChI is InChI=1S/C13H19F2NO3S/c1-16-12(7-4-8-20(2,17)18)10-5-3-6-11(9-10)19-13(14)15/h3,5-6,9,12-13,16H,4,7-8H2,1-2H3. The molecule has 1 unspecified atom stereocenters. The van der Waals surface area contributed by atoms with Crippen LogP contribution in [0.4, 0.5) is 8.78 Å². The second-order valence-electron chi connectivity index (χ2n) is 4.56. The molecule has 114 valence electrons. The Bertz CT molecular complexity index is 520. The summed E-state index contributed by atoms with van der Waals surface area (Å²) in [4.78, 5) is 0. The Labute approximate surface area is 118 Å². The van der Waals surface area contributed by atoms with E-state index in [1.54, 1.807) is 19.2 Å². The minimum absolute atomic E-state index is 0.0980. The predicted molar refractivity (Wildman–Crippen MR) is 73.8 cm³/mol. The Morgan fingerprint density at radius 3 is 2.60 bits per heavy atom. The van der Waals surface area contributed by atoms with Gasteiger partial charge in [0, 0.05) is 18.1 Å². The van der Waals surface area contributed by atoms with Crippen molar-refractivity contribution >= 4 is 9.84 Å². The van der Waals surface area contributed by atoms with Crippen molar-refractivity contribution < 1.29 is 21.9 Å². The lowest BCUT2D eigenvalue weighted by atomic mass is 10.0. The number of nitrogens with one attached hydrogen (secondary N) is 1. The quantitative estimate of drug-likeness (QED) is 0.801. The van der Waals surface area contributed by atoms with E-state index in [4.69, 9.17) is 0 Å². The maximum absolute atomic E-state index is 12.2. The van der Waals surface area contributed by atoms with Crippen LogP contribution in [0.3, 0.4) is 0 Å². The minimum atomic E-state index is -2.99. The first-order chi connectivity index (χ1) is 9.31. The monoisotopic (exact) mass is 307 g/mol. The van der Waals surface area contributed by atoms with Crippen molar-refractivity contribution in [3.05, 3.63) is 29.8 Å². The van der Waals surface area contributed by atoms with Crippen LogP contribution in [0, 0.1) is 0 Å². The maximum Gasteiger partial charge on any atom is 0.387 e. The molecule has 4 nitrogen and oxygen atoms in total. The summed E-state index contributed by atoms with van der Waals surface area (Å²) in [5.74, 6) is 0.208. The molecule has 7 heteroatoms. The molecule has 0 heterocycles. The second kappa shape index (κ2) is 7.54. The first-order valence-corrected chi connectivity index (χ1v) is 8.27. The molecule has 20 heavy (non-hydrogen) atoms. The summed E-state index contributed by atoms with van der Waals surface area (Å²) < 4.78 is 50.9. The van der Waals surface area contributed by atoms with E-state index in [0.717, 1.165) is 5.56 Å². The summed E-state index contributed by atoms with van der Waals surface area (Å²) in [7, 11) is -1.24. The van der Waals surface area contributed by atoms with E-state index in [0.29, 0.717) is 12.8 Å². The molecular formula is C13H19F2NO3S. The Hall–Kier alpha value is -1.21. The van der Waals surface area contributed by atoms with E-state index < -0.39 is 16.4 Å². The maximum atomic E-state index is 12.2. The minimum Gasteiger partial charge on any atom is -0.435 e. The highest BCUT2D eigenvalue weighted by atomic mass is 32.2. The molecule has 1 atom stereocenters. The van der Waals surface area contributed by atoms with Crippen molar-refractivity contribution in [3.8, 4) is 5.75 Å². The topological polar surface area (TPSA) is 55.4 Å². The van der Waals surface area contributed by atoms with Crippen molar-refractivity contribution in [2.24, 2.45) is 0 Å². The van der Waals surface area contributed by atoms with Crippen LogP contribution in [0.2, 0.25) is 0 Å². The second-order valence-corrected chi connectivity index (χ2v) is 6.82. The zero-order chi connectivity index (χ0) is 15.2. The van der Waals surface area contributed by atoms with Crippen molar-refractivity contribution in [3.63, 3.8) is 0 Å². The van der Waals surface area contributed by atoms with Crippen LogP contribution in [0.1, 0.15) is 24.4 Å². The summed E-state index contributed by atoms with van der Waals surface area (Å²) >= 11 is 0. The van der Waals surface area contributed by atoms with Gasteiger partial charge in [-0.15, -0.1) is 0 Å². The third-order valence-corrected chi connectivity index (χ3v) is 3.87. The smallest absolute Gasteiger partial charge is 0.387 e. The molecule has 1 aromatic rings. The first kappa shape index (κ1) is 16.8. The van der Waals surface area contributed by atoms with Gasteiger partial charge in [0.1, 0.15) is 15.6 Å². The number of halogens is 2. The van der Waals surface area contributed by atoms with Crippen LogP contribution in [0.25, 0.3) is 0 Å². The lowest BCUT2D eigenvalue weighted by Gasteiger charge is -2.17. The number of benzene rings is 1. The molecule has 0 aliphatic heterocycles. The first-order valence-electron chi connectivity index (χ1n) is 6.21. The molecule has 0 amide bonds. The fraction of sp³-hybridized carbons (Fsp3) is 0.538. The van der Waals surface area contributed by atoms with Gasteiger partial charge in [0.25, 0.3) is 0 Å². The molecule has 0 aliphatic carbocycles. The van der Waals surface area contributed by atoms with Gasteiger partial charge in [-0.05, 0) is 37.6 Å². The van der Waals surface area contributed by atoms with Crippen LogP contribution < -0.4 is 10.1 Å². The molecule has 1 N–H and O–H groups in total. The summed E-state index contributed by atoms with van der Waals surface area (Å²) in [5.41, 5.74) is 0.791. The number of hydrogen-bond acceptors (Lipinski definition) is 4.